The lowest BCUT2D eigenvalue weighted by atomic mass is 10.2. The van der Waals surface area contributed by atoms with E-state index in [4.69, 9.17) is 0 Å². The predicted octanol–water partition coefficient (Wildman–Crippen LogP) is -1.13. The van der Waals surface area contributed by atoms with Gasteiger partial charge in [0, 0.05) is 38.8 Å². The molecule has 16 heavy (non-hydrogen) atoms. The summed E-state index contributed by atoms with van der Waals surface area (Å²) in [5, 5.41) is 3.26. The van der Waals surface area contributed by atoms with E-state index in [1.54, 1.807) is 0 Å². The number of nitrogens with zero attached hydrogens (tertiary/aromatic N) is 2. The molecule has 1 aliphatic heterocycles. The molecule has 0 saturated carbocycles. The molecule has 0 radical (unpaired) electrons. The molecule has 6 nitrogen and oxygen atoms in total. The molecule has 0 amide bonds. The van der Waals surface area contributed by atoms with Gasteiger partial charge in [-0.05, 0) is 6.92 Å². The lowest BCUT2D eigenvalue weighted by Crippen LogP contribution is -2.51. The zero-order valence-electron chi connectivity index (χ0n) is 9.49. The van der Waals surface area contributed by atoms with E-state index in [0.717, 1.165) is 24.2 Å². The molecule has 1 unspecified atom stereocenters. The number of hydrogen-bond donors (Lipinski definition) is 2. The van der Waals surface area contributed by atoms with Gasteiger partial charge < -0.3 is 10.2 Å². The first-order valence-corrected chi connectivity index (χ1v) is 5.37. The number of nitrogens with one attached hydrogen (secondary N) is 2. The first-order chi connectivity index (χ1) is 7.59. The minimum atomic E-state index is -0.367. The van der Waals surface area contributed by atoms with Crippen LogP contribution in [0.3, 0.4) is 0 Å². The van der Waals surface area contributed by atoms with Gasteiger partial charge in [0.15, 0.2) is 0 Å². The zero-order valence-corrected chi connectivity index (χ0v) is 9.49. The number of H-pyrrole nitrogens is 1. The number of aromatic amines is 1. The van der Waals surface area contributed by atoms with E-state index in [1.807, 2.05) is 4.90 Å². The van der Waals surface area contributed by atoms with Crippen LogP contribution in [0.4, 0.5) is 5.82 Å². The fraction of sp³-hybridized carbons (Fsp3) is 0.600. The average molecular weight is 224 g/mol. The smallest absolute Gasteiger partial charge is 0.329 e. The molecule has 2 heterocycles. The van der Waals surface area contributed by atoms with E-state index < -0.39 is 0 Å². The quantitative estimate of drug-likeness (QED) is 0.633. The van der Waals surface area contributed by atoms with Crippen molar-refractivity contribution in [1.29, 1.82) is 0 Å². The topological polar surface area (TPSA) is 70.1 Å². The summed E-state index contributed by atoms with van der Waals surface area (Å²) >= 11 is 0. The van der Waals surface area contributed by atoms with E-state index in [0.29, 0.717) is 5.82 Å². The van der Waals surface area contributed by atoms with Crippen LogP contribution in [-0.4, -0.2) is 35.2 Å². The second-order valence-electron chi connectivity index (χ2n) is 4.10. The van der Waals surface area contributed by atoms with Crippen LogP contribution in [0.1, 0.15) is 6.92 Å². The monoisotopic (exact) mass is 224 g/mol. The van der Waals surface area contributed by atoms with Crippen molar-refractivity contribution in [2.24, 2.45) is 7.05 Å². The molecule has 6 heteroatoms. The molecule has 1 aromatic rings. The Kier molecular flexibility index (Phi) is 2.82. The van der Waals surface area contributed by atoms with Crippen LogP contribution in [-0.2, 0) is 7.05 Å². The Morgan fingerprint density at radius 3 is 2.81 bits per heavy atom. The lowest BCUT2D eigenvalue weighted by Gasteiger charge is -2.35. The summed E-state index contributed by atoms with van der Waals surface area (Å²) in [7, 11) is 1.46. The van der Waals surface area contributed by atoms with Crippen LogP contribution in [0.15, 0.2) is 15.7 Å². The molecule has 1 fully saturated rings. The molecule has 2 N–H and O–H groups in total. The number of rotatable bonds is 1. The van der Waals surface area contributed by atoms with Crippen molar-refractivity contribution in [3.8, 4) is 0 Å². The van der Waals surface area contributed by atoms with Crippen molar-refractivity contribution >= 4 is 5.82 Å². The molecular formula is C10H16N4O2. The van der Waals surface area contributed by atoms with Crippen molar-refractivity contribution in [2.75, 3.05) is 24.5 Å². The molecule has 88 valence electrons. The second-order valence-corrected chi connectivity index (χ2v) is 4.10. The van der Waals surface area contributed by atoms with Gasteiger partial charge in [-0.2, -0.15) is 0 Å². The predicted molar refractivity (Wildman–Crippen MR) is 62.0 cm³/mol. The Bertz CT molecular complexity index is 459. The van der Waals surface area contributed by atoms with E-state index in [1.165, 1.54) is 13.1 Å². The van der Waals surface area contributed by atoms with Crippen molar-refractivity contribution < 1.29 is 0 Å². The Morgan fingerprint density at radius 1 is 1.44 bits per heavy atom. The SMILES string of the molecule is CC1CNCCN1c1cc(=O)n(C)c(=O)[nH]1. The van der Waals surface area contributed by atoms with E-state index >= 15 is 0 Å². The highest BCUT2D eigenvalue weighted by Gasteiger charge is 2.19. The molecule has 0 aromatic carbocycles. The van der Waals surface area contributed by atoms with Gasteiger partial charge in [0.2, 0.25) is 0 Å². The maximum Gasteiger partial charge on any atom is 0.329 e. The summed E-state index contributed by atoms with van der Waals surface area (Å²) in [6.07, 6.45) is 0. The Balaban J connectivity index is 2.40. The zero-order chi connectivity index (χ0) is 11.7. The number of anilines is 1. The summed E-state index contributed by atoms with van der Waals surface area (Å²) in [6, 6.07) is 1.75. The second kappa shape index (κ2) is 4.13. The summed E-state index contributed by atoms with van der Waals surface area (Å²) in [5.74, 6) is 0.613. The normalized spacial score (nSPS) is 21.1. The molecule has 2 rings (SSSR count). The van der Waals surface area contributed by atoms with Crippen LogP contribution in [0.2, 0.25) is 0 Å². The summed E-state index contributed by atoms with van der Waals surface area (Å²) in [5.41, 5.74) is -0.641. The summed E-state index contributed by atoms with van der Waals surface area (Å²) < 4.78 is 1.07. The molecule has 1 saturated heterocycles. The number of piperazine rings is 1. The van der Waals surface area contributed by atoms with E-state index in [2.05, 4.69) is 17.2 Å². The molecule has 1 atom stereocenters. The largest absolute Gasteiger partial charge is 0.353 e. The molecule has 1 aliphatic rings. The van der Waals surface area contributed by atoms with Gasteiger partial charge in [0.25, 0.3) is 5.56 Å². The van der Waals surface area contributed by atoms with Crippen LogP contribution in [0.25, 0.3) is 0 Å². The van der Waals surface area contributed by atoms with E-state index in [9.17, 15) is 9.59 Å². The third-order valence-electron chi connectivity index (χ3n) is 2.94. The first kappa shape index (κ1) is 10.9. The summed E-state index contributed by atoms with van der Waals surface area (Å²) in [4.78, 5) is 27.7. The average Bonchev–Trinajstić information content (AvgIpc) is 2.26. The lowest BCUT2D eigenvalue weighted by molar-refractivity contribution is 0.495. The fourth-order valence-electron chi connectivity index (χ4n) is 1.90. The van der Waals surface area contributed by atoms with Crippen molar-refractivity contribution in [1.82, 2.24) is 14.9 Å². The summed E-state index contributed by atoms with van der Waals surface area (Å²) in [6.45, 7) is 4.57. The van der Waals surface area contributed by atoms with E-state index in [-0.39, 0.29) is 17.3 Å². The molecule has 0 spiro atoms. The van der Waals surface area contributed by atoms with Gasteiger partial charge in [-0.15, -0.1) is 0 Å². The van der Waals surface area contributed by atoms with Crippen molar-refractivity contribution in [3.63, 3.8) is 0 Å². The van der Waals surface area contributed by atoms with Gasteiger partial charge in [0.05, 0.1) is 0 Å². The van der Waals surface area contributed by atoms with Gasteiger partial charge in [0.1, 0.15) is 5.82 Å². The van der Waals surface area contributed by atoms with Gasteiger partial charge in [-0.25, -0.2) is 4.79 Å². The van der Waals surface area contributed by atoms with Gasteiger partial charge >= 0.3 is 5.69 Å². The molecule has 0 aliphatic carbocycles. The number of aromatic nitrogens is 2. The first-order valence-electron chi connectivity index (χ1n) is 5.37. The van der Waals surface area contributed by atoms with Crippen molar-refractivity contribution in [3.05, 3.63) is 26.9 Å². The maximum absolute atomic E-state index is 11.5. The minimum Gasteiger partial charge on any atom is -0.353 e. The third kappa shape index (κ3) is 1.88. The fourth-order valence-corrected chi connectivity index (χ4v) is 1.90. The highest BCUT2D eigenvalue weighted by molar-refractivity contribution is 5.38. The van der Waals surface area contributed by atoms with Crippen LogP contribution in [0.5, 0.6) is 0 Å². The van der Waals surface area contributed by atoms with Crippen LogP contribution < -0.4 is 21.5 Å². The highest BCUT2D eigenvalue weighted by atomic mass is 16.2. The molecule has 0 bridgehead atoms. The number of hydrogen-bond acceptors (Lipinski definition) is 4. The molecular weight excluding hydrogens is 208 g/mol. The highest BCUT2D eigenvalue weighted by Crippen LogP contribution is 2.11. The van der Waals surface area contributed by atoms with Crippen molar-refractivity contribution in [2.45, 2.75) is 13.0 Å². The maximum atomic E-state index is 11.5. The van der Waals surface area contributed by atoms with Crippen LogP contribution >= 0.6 is 0 Å². The van der Waals surface area contributed by atoms with Crippen LogP contribution in [0, 0.1) is 0 Å². The van der Waals surface area contributed by atoms with Gasteiger partial charge in [-0.1, -0.05) is 0 Å². The Morgan fingerprint density at radius 2 is 2.19 bits per heavy atom. The third-order valence-corrected chi connectivity index (χ3v) is 2.94. The Hall–Kier alpha value is -1.56. The minimum absolute atomic E-state index is 0.274. The molecule has 1 aromatic heterocycles. The standard InChI is InChI=1S/C10H16N4O2/c1-7-6-11-3-4-14(7)8-5-9(15)13(2)10(16)12-8/h5,7,11H,3-4,6H2,1-2H3,(H,12,16). The van der Waals surface area contributed by atoms with Gasteiger partial charge in [-0.3, -0.25) is 14.3 Å². The Labute approximate surface area is 92.9 Å².